The minimum atomic E-state index is -0.737. The number of hydrogen-bond donors (Lipinski definition) is 1. The van der Waals surface area contributed by atoms with E-state index in [4.69, 9.17) is 9.47 Å². The minimum Gasteiger partial charge on any atom is -0.490 e. The molecule has 2 aromatic carbocycles. The van der Waals surface area contributed by atoms with E-state index < -0.39 is 5.97 Å². The second-order valence-electron chi connectivity index (χ2n) is 8.24. The monoisotopic (exact) mass is 446 g/mol. The Morgan fingerprint density at radius 3 is 2.64 bits per heavy atom. The maximum atomic E-state index is 11.7. The van der Waals surface area contributed by atoms with Crippen molar-refractivity contribution in [1.29, 1.82) is 0 Å². The lowest BCUT2D eigenvalue weighted by Crippen LogP contribution is -2.41. The summed E-state index contributed by atoms with van der Waals surface area (Å²) in [6, 6.07) is 21.7. The third-order valence-corrected chi connectivity index (χ3v) is 5.96. The number of benzene rings is 2. The molecule has 0 bridgehead atoms. The average molecular weight is 447 g/mol. The topological polar surface area (TPSA) is 71.9 Å². The molecule has 0 saturated carbocycles. The largest absolute Gasteiger partial charge is 0.490 e. The number of carbonyl (C=O) groups is 1. The first-order chi connectivity index (χ1) is 16.2. The van der Waals surface area contributed by atoms with Gasteiger partial charge in [-0.05, 0) is 61.7 Å². The van der Waals surface area contributed by atoms with E-state index in [1.807, 2.05) is 73.7 Å². The highest BCUT2D eigenvalue weighted by Gasteiger charge is 2.32. The maximum absolute atomic E-state index is 11.7. The molecule has 0 spiro atoms. The Kier molecular flexibility index (Phi) is 7.58. The number of pyridine rings is 1. The van der Waals surface area contributed by atoms with E-state index in [1.54, 1.807) is 6.20 Å². The lowest BCUT2D eigenvalue weighted by molar-refractivity contribution is -0.143. The van der Waals surface area contributed by atoms with Crippen LogP contribution in [-0.2, 0) is 11.4 Å². The van der Waals surface area contributed by atoms with Crippen molar-refractivity contribution in [1.82, 2.24) is 9.88 Å². The number of aliphatic carboxylic acids is 1. The van der Waals surface area contributed by atoms with Crippen molar-refractivity contribution in [2.75, 3.05) is 19.7 Å². The fourth-order valence-electron chi connectivity index (χ4n) is 4.37. The molecule has 1 saturated heterocycles. The predicted octanol–water partition coefficient (Wildman–Crippen LogP) is 4.95. The molecule has 2 unspecified atom stereocenters. The molecule has 0 amide bonds. The van der Waals surface area contributed by atoms with Crippen molar-refractivity contribution in [3.05, 3.63) is 89.7 Å². The van der Waals surface area contributed by atoms with Crippen LogP contribution in [0.2, 0.25) is 0 Å². The summed E-state index contributed by atoms with van der Waals surface area (Å²) in [4.78, 5) is 18.5. The summed E-state index contributed by atoms with van der Waals surface area (Å²) in [5, 5.41) is 9.60. The van der Waals surface area contributed by atoms with E-state index in [1.165, 1.54) is 0 Å². The molecule has 33 heavy (non-hydrogen) atoms. The van der Waals surface area contributed by atoms with Crippen molar-refractivity contribution in [2.45, 2.75) is 32.4 Å². The van der Waals surface area contributed by atoms with Crippen LogP contribution >= 0.6 is 0 Å². The summed E-state index contributed by atoms with van der Waals surface area (Å²) in [7, 11) is 0. The van der Waals surface area contributed by atoms with Crippen molar-refractivity contribution < 1.29 is 19.4 Å². The van der Waals surface area contributed by atoms with Crippen molar-refractivity contribution in [3.8, 4) is 11.5 Å². The van der Waals surface area contributed by atoms with Gasteiger partial charge in [0.25, 0.3) is 0 Å². The van der Waals surface area contributed by atoms with E-state index in [0.717, 1.165) is 29.8 Å². The number of carboxylic acid groups (broad SMARTS) is 1. The first-order valence-corrected chi connectivity index (χ1v) is 11.5. The summed E-state index contributed by atoms with van der Waals surface area (Å²) < 4.78 is 12.0. The maximum Gasteiger partial charge on any atom is 0.307 e. The molecule has 172 valence electrons. The van der Waals surface area contributed by atoms with Crippen LogP contribution in [0.5, 0.6) is 11.5 Å². The molecule has 0 aliphatic carbocycles. The van der Waals surface area contributed by atoms with Gasteiger partial charge < -0.3 is 14.6 Å². The molecule has 1 fully saturated rings. The van der Waals surface area contributed by atoms with E-state index in [-0.39, 0.29) is 12.0 Å². The van der Waals surface area contributed by atoms with E-state index in [2.05, 4.69) is 9.88 Å². The molecule has 4 rings (SSSR count). The summed E-state index contributed by atoms with van der Waals surface area (Å²) in [5.74, 6) is 0.258. The number of rotatable bonds is 9. The van der Waals surface area contributed by atoms with Gasteiger partial charge in [-0.3, -0.25) is 14.7 Å². The first-order valence-electron chi connectivity index (χ1n) is 11.5. The predicted molar refractivity (Wildman–Crippen MR) is 126 cm³/mol. The minimum absolute atomic E-state index is 0.157. The number of aromatic nitrogens is 1. The molecule has 0 radical (unpaired) electrons. The Hall–Kier alpha value is -3.38. The van der Waals surface area contributed by atoms with Crippen LogP contribution in [0.3, 0.4) is 0 Å². The van der Waals surface area contributed by atoms with E-state index in [0.29, 0.717) is 37.7 Å². The number of hydrogen-bond acceptors (Lipinski definition) is 5. The molecule has 1 aliphatic rings. The lowest BCUT2D eigenvalue weighted by Gasteiger charge is -2.37. The quantitative estimate of drug-likeness (QED) is 0.502. The molecule has 1 aromatic heterocycles. The Bertz CT molecular complexity index is 1040. The van der Waals surface area contributed by atoms with Crippen LogP contribution in [0.15, 0.2) is 72.9 Å². The average Bonchev–Trinajstić information content (AvgIpc) is 2.85. The third-order valence-electron chi connectivity index (χ3n) is 5.96. The smallest absolute Gasteiger partial charge is 0.307 e. The number of carboxylic acids is 1. The van der Waals surface area contributed by atoms with Crippen LogP contribution in [-0.4, -0.2) is 40.7 Å². The molecular weight excluding hydrogens is 416 g/mol. The number of ether oxygens (including phenoxy) is 2. The molecular formula is C27H30N2O4. The van der Waals surface area contributed by atoms with Crippen LogP contribution in [0.4, 0.5) is 0 Å². The van der Waals surface area contributed by atoms with Gasteiger partial charge >= 0.3 is 5.97 Å². The van der Waals surface area contributed by atoms with Gasteiger partial charge in [0.2, 0.25) is 0 Å². The van der Waals surface area contributed by atoms with Gasteiger partial charge in [0.1, 0.15) is 6.61 Å². The molecule has 6 heteroatoms. The standard InChI is InChI=1S/C27H30N2O4/c1-2-32-25-17-21(13-14-24(25)33-19-20-9-4-3-5-10-20)26(23-12-6-7-15-28-23)29-16-8-11-22(18-29)27(30)31/h3-7,9-10,12-15,17,22,26H,2,8,11,16,18-19H2,1H3,(H,30,31). The Morgan fingerprint density at radius 2 is 1.91 bits per heavy atom. The van der Waals surface area contributed by atoms with E-state index in [9.17, 15) is 9.90 Å². The SMILES string of the molecule is CCOc1cc(C(c2ccccn2)N2CCCC(C(=O)O)C2)ccc1OCc1ccccc1. The van der Waals surface area contributed by atoms with Gasteiger partial charge in [0.05, 0.1) is 24.3 Å². The zero-order valence-corrected chi connectivity index (χ0v) is 18.9. The van der Waals surface area contributed by atoms with Gasteiger partial charge in [-0.1, -0.05) is 42.5 Å². The summed E-state index contributed by atoms with van der Waals surface area (Å²) >= 11 is 0. The fraction of sp³-hybridized carbons (Fsp3) is 0.333. The molecule has 3 aromatic rings. The summed E-state index contributed by atoms with van der Waals surface area (Å²) in [6.07, 6.45) is 3.33. The first kappa shape index (κ1) is 22.8. The van der Waals surface area contributed by atoms with Gasteiger partial charge in [-0.25, -0.2) is 0 Å². The molecule has 1 N–H and O–H groups in total. The number of nitrogens with zero attached hydrogens (tertiary/aromatic N) is 2. The number of likely N-dealkylation sites (tertiary alicyclic amines) is 1. The van der Waals surface area contributed by atoms with Crippen LogP contribution in [0.25, 0.3) is 0 Å². The second kappa shape index (κ2) is 11.0. The van der Waals surface area contributed by atoms with Crippen LogP contribution in [0.1, 0.15) is 42.6 Å². The highest BCUT2D eigenvalue weighted by molar-refractivity contribution is 5.70. The molecule has 2 heterocycles. The zero-order chi connectivity index (χ0) is 23.0. The van der Waals surface area contributed by atoms with Crippen molar-refractivity contribution >= 4 is 5.97 Å². The van der Waals surface area contributed by atoms with Gasteiger partial charge in [-0.15, -0.1) is 0 Å². The Morgan fingerprint density at radius 1 is 1.09 bits per heavy atom. The summed E-state index contributed by atoms with van der Waals surface area (Å²) in [5.41, 5.74) is 2.99. The van der Waals surface area contributed by atoms with Gasteiger partial charge in [-0.2, -0.15) is 0 Å². The molecule has 1 aliphatic heterocycles. The lowest BCUT2D eigenvalue weighted by atomic mass is 9.93. The van der Waals surface area contributed by atoms with Crippen molar-refractivity contribution in [2.24, 2.45) is 5.92 Å². The van der Waals surface area contributed by atoms with E-state index >= 15 is 0 Å². The Labute approximate surface area is 194 Å². The van der Waals surface area contributed by atoms with Gasteiger partial charge in [0.15, 0.2) is 11.5 Å². The van der Waals surface area contributed by atoms with Crippen LogP contribution in [0, 0.1) is 5.92 Å². The highest BCUT2D eigenvalue weighted by atomic mass is 16.5. The van der Waals surface area contributed by atoms with Crippen LogP contribution < -0.4 is 9.47 Å². The highest BCUT2D eigenvalue weighted by Crippen LogP contribution is 2.37. The normalized spacial score (nSPS) is 17.3. The second-order valence-corrected chi connectivity index (χ2v) is 8.24. The molecule has 6 nitrogen and oxygen atoms in total. The Balaban J connectivity index is 1.64. The van der Waals surface area contributed by atoms with Crippen molar-refractivity contribution in [3.63, 3.8) is 0 Å². The zero-order valence-electron chi connectivity index (χ0n) is 18.9. The summed E-state index contributed by atoms with van der Waals surface area (Å²) in [6.45, 7) is 4.24. The van der Waals surface area contributed by atoms with Gasteiger partial charge in [0, 0.05) is 12.7 Å². The molecule has 2 atom stereocenters. The fourth-order valence-corrected chi connectivity index (χ4v) is 4.37. The third kappa shape index (κ3) is 5.71. The number of piperidine rings is 1.